The van der Waals surface area contributed by atoms with E-state index in [0.29, 0.717) is 27.4 Å². The molecule has 5 nitrogen and oxygen atoms in total. The average Bonchev–Trinajstić information content (AvgIpc) is 3.22. The van der Waals surface area contributed by atoms with E-state index in [1.165, 1.54) is 49.2 Å². The third-order valence-corrected chi connectivity index (χ3v) is 5.74. The van der Waals surface area contributed by atoms with E-state index < -0.39 is 5.97 Å². The molecule has 1 heterocycles. The summed E-state index contributed by atoms with van der Waals surface area (Å²) < 4.78 is 20.8. The van der Waals surface area contributed by atoms with Crippen molar-refractivity contribution in [1.82, 2.24) is 4.57 Å². The molecule has 1 fully saturated rings. The molecule has 0 radical (unpaired) electrons. The number of nitrogens with zero attached hydrogens (tertiary/aromatic N) is 2. The van der Waals surface area contributed by atoms with Gasteiger partial charge >= 0.3 is 5.97 Å². The van der Waals surface area contributed by atoms with E-state index in [9.17, 15) is 14.0 Å². The van der Waals surface area contributed by atoms with Crippen molar-refractivity contribution in [2.45, 2.75) is 52.0 Å². The Hall–Kier alpha value is -2.02. The third kappa shape index (κ3) is 4.58. The molecule has 0 spiro atoms. The van der Waals surface area contributed by atoms with E-state index in [1.54, 1.807) is 17.6 Å². The Morgan fingerprint density at radius 2 is 2.12 bits per heavy atom. The molecule has 26 heavy (non-hydrogen) atoms. The summed E-state index contributed by atoms with van der Waals surface area (Å²) in [5, 5.41) is 0. The summed E-state index contributed by atoms with van der Waals surface area (Å²) >= 11 is 1.21. The highest BCUT2D eigenvalue weighted by Crippen LogP contribution is 2.28. The molecule has 0 bridgehead atoms. The second kappa shape index (κ2) is 8.58. The quantitative estimate of drug-likeness (QED) is 0.718. The van der Waals surface area contributed by atoms with Crippen molar-refractivity contribution in [1.29, 1.82) is 0 Å². The molecule has 0 unspecified atom stereocenters. The maximum absolute atomic E-state index is 13.5. The number of aromatic nitrogens is 1. The van der Waals surface area contributed by atoms with Crippen LogP contribution in [0.4, 0.5) is 4.39 Å². The van der Waals surface area contributed by atoms with Gasteiger partial charge < -0.3 is 9.30 Å². The summed E-state index contributed by atoms with van der Waals surface area (Å²) in [6.07, 6.45) is 6.15. The van der Waals surface area contributed by atoms with Crippen LogP contribution in [0.3, 0.4) is 0 Å². The normalized spacial score (nSPS) is 15.7. The maximum Gasteiger partial charge on any atom is 0.326 e. The number of esters is 1. The van der Waals surface area contributed by atoms with Crippen molar-refractivity contribution in [3.8, 4) is 0 Å². The molecule has 0 aliphatic heterocycles. The number of rotatable bonds is 6. The average molecular weight is 378 g/mol. The molecule has 0 saturated heterocycles. The van der Waals surface area contributed by atoms with Crippen molar-refractivity contribution in [2.75, 3.05) is 6.61 Å². The molecule has 2 aromatic rings. The summed E-state index contributed by atoms with van der Waals surface area (Å²) in [5.41, 5.74) is 0.673. The summed E-state index contributed by atoms with van der Waals surface area (Å²) in [7, 11) is 0. The molecule has 0 atom stereocenters. The topological polar surface area (TPSA) is 60.7 Å². The Morgan fingerprint density at radius 1 is 1.35 bits per heavy atom. The molecular weight excluding hydrogens is 355 g/mol. The molecule has 1 aliphatic carbocycles. The third-order valence-electron chi connectivity index (χ3n) is 4.70. The predicted molar refractivity (Wildman–Crippen MR) is 98.2 cm³/mol. The fourth-order valence-corrected chi connectivity index (χ4v) is 4.48. The lowest BCUT2D eigenvalue weighted by Crippen LogP contribution is -2.23. The van der Waals surface area contributed by atoms with Crippen LogP contribution >= 0.6 is 11.3 Å². The summed E-state index contributed by atoms with van der Waals surface area (Å²) in [6, 6.07) is 4.33. The zero-order valence-electron chi connectivity index (χ0n) is 14.9. The Balaban J connectivity index is 1.86. The number of fused-ring (bicyclic) bond motifs is 1. The lowest BCUT2D eigenvalue weighted by molar-refractivity contribution is -0.143. The van der Waals surface area contributed by atoms with Gasteiger partial charge in [-0.25, -0.2) is 4.39 Å². The van der Waals surface area contributed by atoms with Crippen LogP contribution in [0.2, 0.25) is 0 Å². The van der Waals surface area contributed by atoms with Gasteiger partial charge in [0.15, 0.2) is 4.80 Å². The minimum absolute atomic E-state index is 0.0474. The fraction of sp³-hybridized carbons (Fsp3) is 0.526. The molecule has 1 saturated carbocycles. The number of thiazole rings is 1. The van der Waals surface area contributed by atoms with Gasteiger partial charge in [-0.15, -0.1) is 0 Å². The van der Waals surface area contributed by atoms with Crippen molar-refractivity contribution >= 4 is 33.4 Å². The van der Waals surface area contributed by atoms with Crippen LogP contribution in [0, 0.1) is 11.7 Å². The molecule has 1 aromatic heterocycles. The highest BCUT2D eigenvalue weighted by atomic mass is 32.1. The number of hydrogen-bond donors (Lipinski definition) is 0. The van der Waals surface area contributed by atoms with Gasteiger partial charge in [0.25, 0.3) is 0 Å². The van der Waals surface area contributed by atoms with Gasteiger partial charge in [-0.2, -0.15) is 4.99 Å². The first-order valence-electron chi connectivity index (χ1n) is 9.09. The van der Waals surface area contributed by atoms with Crippen LogP contribution in [-0.2, 0) is 20.9 Å². The van der Waals surface area contributed by atoms with E-state index in [1.807, 2.05) is 0 Å². The first kappa shape index (κ1) is 18.8. The zero-order chi connectivity index (χ0) is 18.5. The Bertz CT molecular complexity index is 865. The van der Waals surface area contributed by atoms with Crippen molar-refractivity contribution < 1.29 is 18.7 Å². The van der Waals surface area contributed by atoms with Gasteiger partial charge in [0.05, 0.1) is 16.8 Å². The van der Waals surface area contributed by atoms with Crippen LogP contribution in [0.5, 0.6) is 0 Å². The van der Waals surface area contributed by atoms with Gasteiger partial charge in [-0.1, -0.05) is 37.0 Å². The van der Waals surface area contributed by atoms with Crippen LogP contribution in [0.15, 0.2) is 23.2 Å². The molecular formula is C19H23FN2O3S. The summed E-state index contributed by atoms with van der Waals surface area (Å²) in [6.45, 7) is 1.97. The summed E-state index contributed by atoms with van der Waals surface area (Å²) in [5.74, 6) is -0.337. The first-order valence-corrected chi connectivity index (χ1v) is 9.90. The number of hydrogen-bond acceptors (Lipinski definition) is 4. The van der Waals surface area contributed by atoms with Gasteiger partial charge in [0.2, 0.25) is 5.91 Å². The van der Waals surface area contributed by atoms with Crippen LogP contribution in [0.1, 0.15) is 45.4 Å². The van der Waals surface area contributed by atoms with Gasteiger partial charge in [-0.05, 0) is 37.5 Å². The zero-order valence-corrected chi connectivity index (χ0v) is 15.7. The monoisotopic (exact) mass is 378 g/mol. The highest BCUT2D eigenvalue weighted by molar-refractivity contribution is 7.16. The van der Waals surface area contributed by atoms with Crippen LogP contribution in [-0.4, -0.2) is 23.1 Å². The smallest absolute Gasteiger partial charge is 0.326 e. The number of benzene rings is 1. The molecule has 3 rings (SSSR count). The standard InChI is InChI=1S/C19H23FN2O3S/c1-2-25-18(24)12-22-15-9-8-14(20)11-16(15)26-19(22)21-17(23)10-7-13-5-3-4-6-13/h8-9,11,13H,2-7,10,12H2,1H3. The van der Waals surface area contributed by atoms with Crippen molar-refractivity contribution in [3.05, 3.63) is 28.8 Å². The van der Waals surface area contributed by atoms with Gasteiger partial charge in [-0.3, -0.25) is 9.59 Å². The van der Waals surface area contributed by atoms with E-state index >= 15 is 0 Å². The van der Waals surface area contributed by atoms with Gasteiger partial charge in [0.1, 0.15) is 12.4 Å². The Kier molecular flexibility index (Phi) is 6.19. The van der Waals surface area contributed by atoms with E-state index in [-0.39, 0.29) is 24.9 Å². The predicted octanol–water partition coefficient (Wildman–Crippen LogP) is 3.80. The van der Waals surface area contributed by atoms with E-state index in [4.69, 9.17) is 4.74 Å². The van der Waals surface area contributed by atoms with Crippen LogP contribution < -0.4 is 4.80 Å². The van der Waals surface area contributed by atoms with E-state index in [0.717, 1.165) is 6.42 Å². The second-order valence-electron chi connectivity index (χ2n) is 6.58. The molecule has 1 amide bonds. The number of halogens is 1. The molecule has 140 valence electrons. The minimum atomic E-state index is -0.406. The highest BCUT2D eigenvalue weighted by Gasteiger charge is 2.17. The van der Waals surface area contributed by atoms with Crippen molar-refractivity contribution in [2.24, 2.45) is 10.9 Å². The van der Waals surface area contributed by atoms with Crippen molar-refractivity contribution in [3.63, 3.8) is 0 Å². The number of carbonyl (C=O) groups is 2. The second-order valence-corrected chi connectivity index (χ2v) is 7.59. The first-order chi connectivity index (χ1) is 12.6. The molecule has 1 aromatic carbocycles. The SMILES string of the molecule is CCOC(=O)Cn1c(=NC(=O)CCC2CCCC2)sc2cc(F)ccc21. The molecule has 1 aliphatic rings. The Morgan fingerprint density at radius 3 is 2.85 bits per heavy atom. The number of ether oxygens (including phenoxy) is 1. The number of amides is 1. The fourth-order valence-electron chi connectivity index (χ4n) is 3.41. The largest absolute Gasteiger partial charge is 0.465 e. The Labute approximate surface area is 155 Å². The lowest BCUT2D eigenvalue weighted by Gasteiger charge is -2.06. The van der Waals surface area contributed by atoms with Crippen LogP contribution in [0.25, 0.3) is 10.2 Å². The van der Waals surface area contributed by atoms with Gasteiger partial charge in [0, 0.05) is 6.42 Å². The van der Waals surface area contributed by atoms with E-state index in [2.05, 4.69) is 4.99 Å². The number of carbonyl (C=O) groups excluding carboxylic acids is 2. The molecule has 7 heteroatoms. The summed E-state index contributed by atoms with van der Waals surface area (Å²) in [4.78, 5) is 28.9. The molecule has 0 N–H and O–H groups in total. The minimum Gasteiger partial charge on any atom is -0.465 e. The lowest BCUT2D eigenvalue weighted by atomic mass is 10.0. The maximum atomic E-state index is 13.5.